The van der Waals surface area contributed by atoms with Gasteiger partial charge in [-0.3, -0.25) is 4.18 Å². The van der Waals surface area contributed by atoms with Crippen LogP contribution in [0.2, 0.25) is 0 Å². The fourth-order valence-electron chi connectivity index (χ4n) is 3.29. The van der Waals surface area contributed by atoms with Crippen molar-refractivity contribution in [3.63, 3.8) is 0 Å². The maximum atomic E-state index is 12.5. The molecule has 1 saturated heterocycles. The summed E-state index contributed by atoms with van der Waals surface area (Å²) in [5, 5.41) is 0. The van der Waals surface area contributed by atoms with E-state index in [1.54, 1.807) is 6.07 Å². The molecule has 2 aromatic carbocycles. The molecule has 1 aliphatic rings. The van der Waals surface area contributed by atoms with Crippen molar-refractivity contribution in [3.8, 4) is 5.75 Å². The molecule has 8 nitrogen and oxygen atoms in total. The average molecular weight is 495 g/mol. The Balaban J connectivity index is 1.30. The quantitative estimate of drug-likeness (QED) is 0.272. The molecular formula is C25H34O8S. The van der Waals surface area contributed by atoms with Crippen LogP contribution < -0.4 is 4.74 Å². The van der Waals surface area contributed by atoms with Crippen LogP contribution in [-0.4, -0.2) is 61.0 Å². The lowest BCUT2D eigenvalue weighted by Crippen LogP contribution is -2.24. The Morgan fingerprint density at radius 3 is 2.38 bits per heavy atom. The van der Waals surface area contributed by atoms with Crippen molar-refractivity contribution < 1.29 is 36.3 Å². The molecule has 34 heavy (non-hydrogen) atoms. The lowest BCUT2D eigenvalue weighted by Gasteiger charge is -2.22. The second-order valence-electron chi connectivity index (χ2n) is 7.87. The standard InChI is InChI=1S/C25H34O8S/c1-21-10-11-23(34(26,27)33-20-22-7-3-2-4-8-22)19-24(21)30-17-15-28-13-14-29-16-18-32-25-9-5-6-12-31-25/h2-4,7-8,10-11,19,25H,5-6,9,12-18,20H2,1H3. The van der Waals surface area contributed by atoms with Gasteiger partial charge in [0, 0.05) is 12.7 Å². The van der Waals surface area contributed by atoms with Gasteiger partial charge in [0.1, 0.15) is 12.4 Å². The van der Waals surface area contributed by atoms with Gasteiger partial charge in [0.15, 0.2) is 6.29 Å². The first-order valence-electron chi connectivity index (χ1n) is 11.6. The van der Waals surface area contributed by atoms with Gasteiger partial charge in [-0.2, -0.15) is 8.42 Å². The molecular weight excluding hydrogens is 460 g/mol. The van der Waals surface area contributed by atoms with E-state index in [0.717, 1.165) is 37.0 Å². The molecule has 1 atom stereocenters. The van der Waals surface area contributed by atoms with Crippen LogP contribution in [0.5, 0.6) is 5.75 Å². The first kappa shape index (κ1) is 26.6. The second-order valence-corrected chi connectivity index (χ2v) is 9.48. The summed E-state index contributed by atoms with van der Waals surface area (Å²) in [6.45, 7) is 5.13. The van der Waals surface area contributed by atoms with Gasteiger partial charge in [0.05, 0.1) is 44.5 Å². The second kappa shape index (κ2) is 14.4. The zero-order valence-electron chi connectivity index (χ0n) is 19.6. The van der Waals surface area contributed by atoms with E-state index in [4.69, 9.17) is 27.9 Å². The van der Waals surface area contributed by atoms with Gasteiger partial charge < -0.3 is 23.7 Å². The smallest absolute Gasteiger partial charge is 0.297 e. The number of aryl methyl sites for hydroxylation is 1. The number of benzene rings is 2. The summed E-state index contributed by atoms with van der Waals surface area (Å²) < 4.78 is 58.1. The Labute approximate surface area is 202 Å². The molecule has 0 bridgehead atoms. The lowest BCUT2D eigenvalue weighted by atomic mass is 10.2. The minimum Gasteiger partial charge on any atom is -0.491 e. The third kappa shape index (κ3) is 9.32. The van der Waals surface area contributed by atoms with E-state index in [-0.39, 0.29) is 24.4 Å². The molecule has 9 heteroatoms. The van der Waals surface area contributed by atoms with E-state index in [0.29, 0.717) is 38.8 Å². The molecule has 0 spiro atoms. The van der Waals surface area contributed by atoms with Crippen LogP contribution in [0.3, 0.4) is 0 Å². The van der Waals surface area contributed by atoms with E-state index >= 15 is 0 Å². The summed E-state index contributed by atoms with van der Waals surface area (Å²) in [5.74, 6) is 0.478. The third-order valence-corrected chi connectivity index (χ3v) is 6.46. The van der Waals surface area contributed by atoms with Gasteiger partial charge in [0.25, 0.3) is 10.1 Å². The van der Waals surface area contributed by atoms with Crippen LogP contribution in [0.4, 0.5) is 0 Å². The summed E-state index contributed by atoms with van der Waals surface area (Å²) >= 11 is 0. The topological polar surface area (TPSA) is 89.5 Å². The van der Waals surface area contributed by atoms with Crippen molar-refractivity contribution in [2.24, 2.45) is 0 Å². The van der Waals surface area contributed by atoms with Gasteiger partial charge in [-0.25, -0.2) is 0 Å². The van der Waals surface area contributed by atoms with Crippen molar-refractivity contribution in [3.05, 3.63) is 59.7 Å². The van der Waals surface area contributed by atoms with Crippen molar-refractivity contribution in [2.45, 2.75) is 44.0 Å². The molecule has 3 rings (SSSR count). The SMILES string of the molecule is Cc1ccc(S(=O)(=O)OCc2ccccc2)cc1OCCOCCOCCOC1CCCCO1. The Hall–Kier alpha value is -2.01. The minimum absolute atomic E-state index is 0.0242. The van der Waals surface area contributed by atoms with Crippen LogP contribution >= 0.6 is 0 Å². The van der Waals surface area contributed by atoms with Crippen molar-refractivity contribution in [2.75, 3.05) is 46.2 Å². The molecule has 1 aliphatic heterocycles. The Kier molecular flexibility index (Phi) is 11.3. The first-order valence-corrected chi connectivity index (χ1v) is 13.0. The van der Waals surface area contributed by atoms with Gasteiger partial charge in [0.2, 0.25) is 0 Å². The summed E-state index contributed by atoms with van der Waals surface area (Å²) in [7, 11) is -3.90. The van der Waals surface area contributed by atoms with E-state index < -0.39 is 10.1 Å². The Morgan fingerprint density at radius 1 is 0.912 bits per heavy atom. The lowest BCUT2D eigenvalue weighted by molar-refractivity contribution is -0.169. The fourth-order valence-corrected chi connectivity index (χ4v) is 4.21. The van der Waals surface area contributed by atoms with Crippen LogP contribution in [0, 0.1) is 6.92 Å². The van der Waals surface area contributed by atoms with E-state index in [1.807, 2.05) is 37.3 Å². The Bertz CT molecular complexity index is 943. The minimum atomic E-state index is -3.90. The monoisotopic (exact) mass is 494 g/mol. The highest BCUT2D eigenvalue weighted by Crippen LogP contribution is 2.24. The average Bonchev–Trinajstić information content (AvgIpc) is 2.86. The highest BCUT2D eigenvalue weighted by Gasteiger charge is 2.17. The molecule has 0 N–H and O–H groups in total. The number of hydrogen-bond acceptors (Lipinski definition) is 8. The molecule has 188 valence electrons. The van der Waals surface area contributed by atoms with Crippen molar-refractivity contribution >= 4 is 10.1 Å². The molecule has 0 saturated carbocycles. The maximum Gasteiger partial charge on any atom is 0.297 e. The van der Waals surface area contributed by atoms with Gasteiger partial charge in [-0.05, 0) is 43.4 Å². The highest BCUT2D eigenvalue weighted by atomic mass is 32.2. The highest BCUT2D eigenvalue weighted by molar-refractivity contribution is 7.86. The predicted octanol–water partition coefficient (Wildman–Crippen LogP) is 3.86. The van der Waals surface area contributed by atoms with Crippen molar-refractivity contribution in [1.29, 1.82) is 0 Å². The van der Waals surface area contributed by atoms with Crippen LogP contribution in [-0.2, 0) is 39.9 Å². The summed E-state index contributed by atoms with van der Waals surface area (Å²) in [6, 6.07) is 13.8. The third-order valence-electron chi connectivity index (χ3n) is 5.20. The number of rotatable bonds is 15. The molecule has 1 heterocycles. The molecule has 0 aromatic heterocycles. The zero-order valence-corrected chi connectivity index (χ0v) is 20.5. The molecule has 1 unspecified atom stereocenters. The number of hydrogen-bond donors (Lipinski definition) is 0. The van der Waals surface area contributed by atoms with E-state index in [1.165, 1.54) is 12.1 Å². The molecule has 0 aliphatic carbocycles. The fraction of sp³-hybridized carbons (Fsp3) is 0.520. The summed E-state index contributed by atoms with van der Waals surface area (Å²) in [5.41, 5.74) is 1.61. The molecule has 0 amide bonds. The van der Waals surface area contributed by atoms with Gasteiger partial charge in [-0.1, -0.05) is 36.4 Å². The van der Waals surface area contributed by atoms with Crippen LogP contribution in [0.25, 0.3) is 0 Å². The predicted molar refractivity (Wildman–Crippen MR) is 126 cm³/mol. The Morgan fingerprint density at radius 2 is 1.65 bits per heavy atom. The van der Waals surface area contributed by atoms with E-state index in [2.05, 4.69) is 0 Å². The van der Waals surface area contributed by atoms with Crippen LogP contribution in [0.1, 0.15) is 30.4 Å². The largest absolute Gasteiger partial charge is 0.491 e. The molecule has 1 fully saturated rings. The van der Waals surface area contributed by atoms with Crippen LogP contribution in [0.15, 0.2) is 53.4 Å². The summed E-state index contributed by atoms with van der Waals surface area (Å²) in [4.78, 5) is 0.0548. The maximum absolute atomic E-state index is 12.5. The first-order chi connectivity index (χ1) is 16.5. The van der Waals surface area contributed by atoms with E-state index in [9.17, 15) is 8.42 Å². The van der Waals surface area contributed by atoms with Gasteiger partial charge in [-0.15, -0.1) is 0 Å². The number of ether oxygens (including phenoxy) is 5. The molecule has 2 aromatic rings. The summed E-state index contributed by atoms with van der Waals surface area (Å²) in [6.07, 6.45) is 3.09. The zero-order chi connectivity index (χ0) is 24.1. The van der Waals surface area contributed by atoms with Crippen molar-refractivity contribution in [1.82, 2.24) is 0 Å². The molecule has 0 radical (unpaired) electrons. The normalized spacial score (nSPS) is 16.4. The van der Waals surface area contributed by atoms with Gasteiger partial charge >= 0.3 is 0 Å².